The molecule has 0 saturated carbocycles. The molecule has 0 aliphatic carbocycles. The number of aliphatic hydroxyl groups is 1. The minimum atomic E-state index is -1.38. The van der Waals surface area contributed by atoms with Crippen LogP contribution in [-0.4, -0.2) is 28.1 Å². The summed E-state index contributed by atoms with van der Waals surface area (Å²) >= 11 is 0. The second-order valence-electron chi connectivity index (χ2n) is 2.18. The lowest BCUT2D eigenvalue weighted by molar-refractivity contribution is -0.148. The molecule has 0 aliphatic heterocycles. The summed E-state index contributed by atoms with van der Waals surface area (Å²) in [5.74, 6) is -2.70. The number of aliphatic carboxylic acids is 1. The van der Waals surface area contributed by atoms with E-state index in [0.717, 1.165) is 6.92 Å². The number of carbonyl (C=O) groups is 2. The van der Waals surface area contributed by atoms with E-state index in [2.05, 4.69) is 0 Å². The molecule has 0 aliphatic rings. The van der Waals surface area contributed by atoms with Crippen molar-refractivity contribution in [3.63, 3.8) is 0 Å². The number of hydrogen-bond acceptors (Lipinski definition) is 3. The lowest BCUT2D eigenvalue weighted by atomic mass is 10.0. The predicted molar refractivity (Wildman–Crippen MR) is 33.5 cm³/mol. The van der Waals surface area contributed by atoms with Crippen LogP contribution in [0.1, 0.15) is 13.8 Å². The first-order chi connectivity index (χ1) is 4.46. The van der Waals surface area contributed by atoms with Gasteiger partial charge in [0.2, 0.25) is 0 Å². The molecular formula is C6H10O4. The summed E-state index contributed by atoms with van der Waals surface area (Å²) in [4.78, 5) is 20.5. The SMILES string of the molecule is CC(=O)C(O)C(C)C(=O)O. The van der Waals surface area contributed by atoms with Crippen LogP contribution in [0.2, 0.25) is 0 Å². The molecule has 0 rings (SSSR count). The quantitative estimate of drug-likeness (QED) is 0.571. The van der Waals surface area contributed by atoms with E-state index in [9.17, 15) is 9.59 Å². The summed E-state index contributed by atoms with van der Waals surface area (Å²) in [5, 5.41) is 17.1. The summed E-state index contributed by atoms with van der Waals surface area (Å²) in [6.07, 6.45) is -1.38. The van der Waals surface area contributed by atoms with Gasteiger partial charge in [0.15, 0.2) is 5.78 Å². The fourth-order valence-corrected chi connectivity index (χ4v) is 0.487. The number of aliphatic hydroxyl groups excluding tert-OH is 1. The van der Waals surface area contributed by atoms with Gasteiger partial charge in [-0.3, -0.25) is 9.59 Å². The van der Waals surface area contributed by atoms with Crippen molar-refractivity contribution in [2.45, 2.75) is 20.0 Å². The molecule has 2 unspecified atom stereocenters. The van der Waals surface area contributed by atoms with Gasteiger partial charge < -0.3 is 10.2 Å². The van der Waals surface area contributed by atoms with Crippen LogP contribution < -0.4 is 0 Å². The third-order valence-electron chi connectivity index (χ3n) is 1.28. The molecule has 0 aromatic heterocycles. The lowest BCUT2D eigenvalue weighted by Crippen LogP contribution is -2.31. The number of carboxylic acid groups (broad SMARTS) is 1. The number of carbonyl (C=O) groups excluding carboxylic acids is 1. The van der Waals surface area contributed by atoms with Crippen LogP contribution in [0.3, 0.4) is 0 Å². The summed E-state index contributed by atoms with van der Waals surface area (Å²) in [7, 11) is 0. The summed E-state index contributed by atoms with van der Waals surface area (Å²) in [6.45, 7) is 2.44. The molecule has 0 bridgehead atoms. The average molecular weight is 146 g/mol. The van der Waals surface area contributed by atoms with E-state index in [0.29, 0.717) is 0 Å². The fraction of sp³-hybridized carbons (Fsp3) is 0.667. The Morgan fingerprint density at radius 1 is 1.40 bits per heavy atom. The monoisotopic (exact) mass is 146 g/mol. The summed E-state index contributed by atoms with van der Waals surface area (Å²) in [5.41, 5.74) is 0. The first kappa shape index (κ1) is 9.10. The van der Waals surface area contributed by atoms with E-state index >= 15 is 0 Å². The molecule has 0 spiro atoms. The largest absolute Gasteiger partial charge is 0.481 e. The Balaban J connectivity index is 4.07. The molecule has 0 saturated heterocycles. The van der Waals surface area contributed by atoms with Crippen LogP contribution in [0.4, 0.5) is 0 Å². The molecule has 58 valence electrons. The molecule has 2 N–H and O–H groups in total. The highest BCUT2D eigenvalue weighted by molar-refractivity contribution is 5.85. The van der Waals surface area contributed by atoms with Crippen molar-refractivity contribution < 1.29 is 19.8 Å². The number of carboxylic acids is 1. The maximum atomic E-state index is 10.4. The highest BCUT2D eigenvalue weighted by atomic mass is 16.4. The zero-order chi connectivity index (χ0) is 8.31. The van der Waals surface area contributed by atoms with Gasteiger partial charge in [0.05, 0.1) is 5.92 Å². The minimum absolute atomic E-state index is 0.519. The molecule has 0 fully saturated rings. The van der Waals surface area contributed by atoms with E-state index in [4.69, 9.17) is 10.2 Å². The Hall–Kier alpha value is -0.900. The van der Waals surface area contributed by atoms with Crippen molar-refractivity contribution in [2.75, 3.05) is 0 Å². The van der Waals surface area contributed by atoms with Gasteiger partial charge in [-0.05, 0) is 13.8 Å². The molecule has 0 heterocycles. The number of rotatable bonds is 3. The van der Waals surface area contributed by atoms with Crippen molar-refractivity contribution in [1.82, 2.24) is 0 Å². The van der Waals surface area contributed by atoms with Crippen LogP contribution in [-0.2, 0) is 9.59 Å². The molecule has 0 aromatic rings. The minimum Gasteiger partial charge on any atom is -0.481 e. The molecule has 4 nitrogen and oxygen atoms in total. The molecule has 0 amide bonds. The molecule has 0 aromatic carbocycles. The fourth-order valence-electron chi connectivity index (χ4n) is 0.487. The molecule has 4 heteroatoms. The maximum absolute atomic E-state index is 10.4. The number of ketones is 1. The van der Waals surface area contributed by atoms with E-state index in [-0.39, 0.29) is 0 Å². The molecular weight excluding hydrogens is 136 g/mol. The first-order valence-electron chi connectivity index (χ1n) is 2.88. The van der Waals surface area contributed by atoms with Crippen molar-refractivity contribution in [3.8, 4) is 0 Å². The molecule has 0 radical (unpaired) electrons. The van der Waals surface area contributed by atoms with Crippen LogP contribution in [0, 0.1) is 5.92 Å². The van der Waals surface area contributed by atoms with E-state index in [1.807, 2.05) is 0 Å². The first-order valence-corrected chi connectivity index (χ1v) is 2.88. The third kappa shape index (κ3) is 2.14. The van der Waals surface area contributed by atoms with Crippen molar-refractivity contribution in [1.29, 1.82) is 0 Å². The molecule has 10 heavy (non-hydrogen) atoms. The number of Topliss-reactive ketones (excluding diaryl/α,β-unsaturated/α-hetero) is 1. The second kappa shape index (κ2) is 3.31. The van der Waals surface area contributed by atoms with E-state index < -0.39 is 23.8 Å². The van der Waals surface area contributed by atoms with E-state index in [1.54, 1.807) is 0 Å². The van der Waals surface area contributed by atoms with Crippen molar-refractivity contribution in [3.05, 3.63) is 0 Å². The van der Waals surface area contributed by atoms with Crippen molar-refractivity contribution in [2.24, 2.45) is 5.92 Å². The normalized spacial score (nSPS) is 15.9. The molecule has 2 atom stereocenters. The van der Waals surface area contributed by atoms with Gasteiger partial charge >= 0.3 is 5.97 Å². The maximum Gasteiger partial charge on any atom is 0.309 e. The predicted octanol–water partition coefficient (Wildman–Crippen LogP) is -0.343. The van der Waals surface area contributed by atoms with Crippen LogP contribution in [0.15, 0.2) is 0 Å². The zero-order valence-corrected chi connectivity index (χ0v) is 5.87. The van der Waals surface area contributed by atoms with Crippen LogP contribution >= 0.6 is 0 Å². The lowest BCUT2D eigenvalue weighted by Gasteiger charge is -2.09. The van der Waals surface area contributed by atoms with Gasteiger partial charge in [-0.15, -0.1) is 0 Å². The second-order valence-corrected chi connectivity index (χ2v) is 2.18. The van der Waals surface area contributed by atoms with Gasteiger partial charge in [-0.25, -0.2) is 0 Å². The average Bonchev–Trinajstić information content (AvgIpc) is 1.84. The van der Waals surface area contributed by atoms with Crippen molar-refractivity contribution >= 4 is 11.8 Å². The Morgan fingerprint density at radius 2 is 1.80 bits per heavy atom. The van der Waals surface area contributed by atoms with E-state index in [1.165, 1.54) is 6.92 Å². The third-order valence-corrected chi connectivity index (χ3v) is 1.28. The number of hydrogen-bond donors (Lipinski definition) is 2. The Morgan fingerprint density at radius 3 is 1.90 bits per heavy atom. The Labute approximate surface area is 58.5 Å². The summed E-state index contributed by atoms with van der Waals surface area (Å²) < 4.78 is 0. The highest BCUT2D eigenvalue weighted by Crippen LogP contribution is 2.03. The van der Waals surface area contributed by atoms with Crippen LogP contribution in [0.5, 0.6) is 0 Å². The van der Waals surface area contributed by atoms with Gasteiger partial charge in [0, 0.05) is 0 Å². The van der Waals surface area contributed by atoms with Gasteiger partial charge in [-0.1, -0.05) is 0 Å². The van der Waals surface area contributed by atoms with Gasteiger partial charge in [0.25, 0.3) is 0 Å². The summed E-state index contributed by atoms with van der Waals surface area (Å²) in [6, 6.07) is 0. The van der Waals surface area contributed by atoms with Gasteiger partial charge in [-0.2, -0.15) is 0 Å². The van der Waals surface area contributed by atoms with Gasteiger partial charge in [0.1, 0.15) is 6.10 Å². The highest BCUT2D eigenvalue weighted by Gasteiger charge is 2.24. The smallest absolute Gasteiger partial charge is 0.309 e. The Bertz CT molecular complexity index is 134. The zero-order valence-electron chi connectivity index (χ0n) is 5.87. The Kier molecular flexibility index (Phi) is 3.02. The topological polar surface area (TPSA) is 74.6 Å². The van der Waals surface area contributed by atoms with Crippen LogP contribution in [0.25, 0.3) is 0 Å². The standard InChI is InChI=1S/C6H10O4/c1-3(6(9)10)5(8)4(2)7/h3,5,8H,1-2H3,(H,9,10).